The lowest BCUT2D eigenvalue weighted by Gasteiger charge is -2.39. The Morgan fingerprint density at radius 2 is 1.54 bits per heavy atom. The lowest BCUT2D eigenvalue weighted by Crippen LogP contribution is -2.42. The van der Waals surface area contributed by atoms with E-state index in [9.17, 15) is 0 Å². The molecule has 0 bridgehead atoms. The summed E-state index contributed by atoms with van der Waals surface area (Å²) in [5.41, 5.74) is 2.07. The number of nitrogens with one attached hydrogen (secondary N) is 1. The van der Waals surface area contributed by atoms with E-state index in [0.29, 0.717) is 6.04 Å². The molecule has 1 saturated carbocycles. The van der Waals surface area contributed by atoms with Gasteiger partial charge < -0.3 is 10.1 Å². The Kier molecular flexibility index (Phi) is 8.15. The van der Waals surface area contributed by atoms with Gasteiger partial charge in [0.2, 0.25) is 0 Å². The van der Waals surface area contributed by atoms with Gasteiger partial charge >= 0.3 is 0 Å². The standard InChI is InChI=1S/C23H31NO.ClH/c1-3-24-22(17-19-11-10-12-19)18-23(25-2,20-13-6-4-7-14-20)21-15-8-5-9-16-21;/h4-9,13-16,19,22,24H,3,10-12,17-18H2,1-2H3;1H. The Morgan fingerprint density at radius 3 is 1.92 bits per heavy atom. The van der Waals surface area contributed by atoms with Gasteiger partial charge in [-0.1, -0.05) is 86.8 Å². The first kappa shape index (κ1) is 21.0. The van der Waals surface area contributed by atoms with E-state index in [2.05, 4.69) is 72.9 Å². The summed E-state index contributed by atoms with van der Waals surface area (Å²) >= 11 is 0. The molecule has 26 heavy (non-hydrogen) atoms. The maximum Gasteiger partial charge on any atom is 0.119 e. The quantitative estimate of drug-likeness (QED) is 0.621. The molecule has 0 amide bonds. The van der Waals surface area contributed by atoms with E-state index in [-0.39, 0.29) is 12.4 Å². The number of methoxy groups -OCH3 is 1. The van der Waals surface area contributed by atoms with Crippen LogP contribution in [0.4, 0.5) is 0 Å². The Labute approximate surface area is 164 Å². The van der Waals surface area contributed by atoms with Crippen molar-refractivity contribution in [2.75, 3.05) is 13.7 Å². The van der Waals surface area contributed by atoms with Crippen molar-refractivity contribution in [1.82, 2.24) is 5.32 Å². The zero-order valence-electron chi connectivity index (χ0n) is 16.0. The van der Waals surface area contributed by atoms with Crippen LogP contribution in [0.1, 0.15) is 50.2 Å². The average molecular weight is 374 g/mol. The number of benzene rings is 2. The molecule has 1 fully saturated rings. The van der Waals surface area contributed by atoms with Gasteiger partial charge in [0.1, 0.15) is 5.60 Å². The van der Waals surface area contributed by atoms with Gasteiger partial charge in [0.15, 0.2) is 0 Å². The van der Waals surface area contributed by atoms with Gasteiger partial charge in [0, 0.05) is 19.6 Å². The van der Waals surface area contributed by atoms with Crippen molar-refractivity contribution >= 4 is 12.4 Å². The van der Waals surface area contributed by atoms with Crippen LogP contribution in [0.25, 0.3) is 0 Å². The molecule has 1 atom stereocenters. The lowest BCUT2D eigenvalue weighted by atomic mass is 9.75. The first-order valence-electron chi connectivity index (χ1n) is 9.68. The third-order valence-corrected chi connectivity index (χ3v) is 5.70. The molecule has 3 rings (SSSR count). The summed E-state index contributed by atoms with van der Waals surface area (Å²) in [6, 6.07) is 21.9. The van der Waals surface area contributed by atoms with Gasteiger partial charge in [-0.15, -0.1) is 12.4 Å². The first-order chi connectivity index (χ1) is 12.3. The molecule has 1 unspecified atom stereocenters. The van der Waals surface area contributed by atoms with Crippen molar-refractivity contribution in [3.05, 3.63) is 71.8 Å². The maximum atomic E-state index is 6.28. The number of ether oxygens (including phenoxy) is 1. The molecule has 0 aliphatic heterocycles. The minimum Gasteiger partial charge on any atom is -0.369 e. The molecule has 2 nitrogen and oxygen atoms in total. The minimum atomic E-state index is -0.404. The molecule has 1 N–H and O–H groups in total. The number of hydrogen-bond acceptors (Lipinski definition) is 2. The highest BCUT2D eigenvalue weighted by molar-refractivity contribution is 5.85. The number of hydrogen-bond donors (Lipinski definition) is 1. The maximum absolute atomic E-state index is 6.28. The van der Waals surface area contributed by atoms with Gasteiger partial charge in [0.25, 0.3) is 0 Å². The van der Waals surface area contributed by atoms with E-state index in [1.54, 1.807) is 0 Å². The highest BCUT2D eigenvalue weighted by atomic mass is 35.5. The Hall–Kier alpha value is -1.35. The SMILES string of the molecule is CCNC(CC1CCC1)CC(OC)(c1ccccc1)c1ccccc1.Cl. The predicted octanol–water partition coefficient (Wildman–Crippen LogP) is 5.56. The van der Waals surface area contributed by atoms with E-state index < -0.39 is 5.60 Å². The fourth-order valence-corrected chi connectivity index (χ4v) is 4.14. The Morgan fingerprint density at radius 1 is 1.00 bits per heavy atom. The fourth-order valence-electron chi connectivity index (χ4n) is 4.14. The summed E-state index contributed by atoms with van der Waals surface area (Å²) in [6.07, 6.45) is 6.38. The van der Waals surface area contributed by atoms with Crippen molar-refractivity contribution in [2.24, 2.45) is 5.92 Å². The second kappa shape index (κ2) is 10.1. The zero-order chi connectivity index (χ0) is 17.5. The minimum absolute atomic E-state index is 0. The molecular weight excluding hydrogens is 342 g/mol. The Balaban J connectivity index is 0.00000243. The highest BCUT2D eigenvalue weighted by Gasteiger charge is 2.37. The van der Waals surface area contributed by atoms with Crippen molar-refractivity contribution in [3.8, 4) is 0 Å². The molecule has 0 spiro atoms. The summed E-state index contributed by atoms with van der Waals surface area (Å²) in [6.45, 7) is 3.20. The van der Waals surface area contributed by atoms with Crippen LogP contribution in [0.5, 0.6) is 0 Å². The first-order valence-corrected chi connectivity index (χ1v) is 9.68. The normalized spacial score (nSPS) is 15.8. The van der Waals surface area contributed by atoms with Gasteiger partial charge in [-0.25, -0.2) is 0 Å². The molecule has 0 radical (unpaired) electrons. The van der Waals surface area contributed by atoms with E-state index in [4.69, 9.17) is 4.74 Å². The van der Waals surface area contributed by atoms with Crippen LogP contribution in [0, 0.1) is 5.92 Å². The van der Waals surface area contributed by atoms with Crippen molar-refractivity contribution < 1.29 is 4.74 Å². The van der Waals surface area contributed by atoms with E-state index in [1.807, 2.05) is 7.11 Å². The van der Waals surface area contributed by atoms with Crippen LogP contribution in [-0.2, 0) is 10.3 Å². The van der Waals surface area contributed by atoms with Crippen LogP contribution < -0.4 is 5.32 Å². The fraction of sp³-hybridized carbons (Fsp3) is 0.478. The van der Waals surface area contributed by atoms with Gasteiger partial charge in [-0.3, -0.25) is 0 Å². The van der Waals surface area contributed by atoms with Crippen molar-refractivity contribution in [3.63, 3.8) is 0 Å². The van der Waals surface area contributed by atoms with Crippen molar-refractivity contribution in [1.29, 1.82) is 0 Å². The number of rotatable bonds is 9. The van der Waals surface area contributed by atoms with Crippen LogP contribution in [-0.4, -0.2) is 19.7 Å². The summed E-state index contributed by atoms with van der Waals surface area (Å²) in [5, 5.41) is 3.73. The molecule has 2 aromatic rings. The van der Waals surface area contributed by atoms with E-state index >= 15 is 0 Å². The largest absolute Gasteiger partial charge is 0.369 e. The molecule has 1 aliphatic carbocycles. The summed E-state index contributed by atoms with van der Waals surface area (Å²) in [7, 11) is 1.85. The summed E-state index contributed by atoms with van der Waals surface area (Å²) in [4.78, 5) is 0. The van der Waals surface area contributed by atoms with Gasteiger partial charge in [-0.2, -0.15) is 0 Å². The molecule has 0 aromatic heterocycles. The lowest BCUT2D eigenvalue weighted by molar-refractivity contribution is 0.00262. The van der Waals surface area contributed by atoms with Gasteiger partial charge in [0.05, 0.1) is 0 Å². The zero-order valence-corrected chi connectivity index (χ0v) is 16.8. The van der Waals surface area contributed by atoms with E-state index in [0.717, 1.165) is 18.9 Å². The number of halogens is 1. The molecular formula is C23H32ClNO. The van der Waals surface area contributed by atoms with Crippen LogP contribution in [0.15, 0.2) is 60.7 Å². The topological polar surface area (TPSA) is 21.3 Å². The summed E-state index contributed by atoms with van der Waals surface area (Å²) < 4.78 is 6.28. The van der Waals surface area contributed by atoms with Crippen LogP contribution in [0.3, 0.4) is 0 Å². The van der Waals surface area contributed by atoms with Gasteiger partial charge in [-0.05, 0) is 30.0 Å². The molecule has 3 heteroatoms. The monoisotopic (exact) mass is 373 g/mol. The molecule has 0 heterocycles. The third kappa shape index (κ3) is 4.68. The van der Waals surface area contributed by atoms with E-state index in [1.165, 1.54) is 36.8 Å². The Bertz CT molecular complexity index is 588. The summed E-state index contributed by atoms with van der Waals surface area (Å²) in [5.74, 6) is 0.880. The smallest absolute Gasteiger partial charge is 0.119 e. The molecule has 0 saturated heterocycles. The molecule has 2 aromatic carbocycles. The highest BCUT2D eigenvalue weighted by Crippen LogP contribution is 2.40. The molecule has 1 aliphatic rings. The second-order valence-corrected chi connectivity index (χ2v) is 7.25. The average Bonchev–Trinajstić information content (AvgIpc) is 2.64. The van der Waals surface area contributed by atoms with Crippen molar-refractivity contribution in [2.45, 2.75) is 50.7 Å². The molecule has 142 valence electrons. The second-order valence-electron chi connectivity index (χ2n) is 7.25. The van der Waals surface area contributed by atoms with Crippen LogP contribution >= 0.6 is 12.4 Å². The third-order valence-electron chi connectivity index (χ3n) is 5.70. The predicted molar refractivity (Wildman–Crippen MR) is 112 cm³/mol. The van der Waals surface area contributed by atoms with Crippen LogP contribution in [0.2, 0.25) is 0 Å².